The van der Waals surface area contributed by atoms with Gasteiger partial charge in [0.05, 0.1) is 13.7 Å². The molecule has 1 atom stereocenters. The molecule has 0 fully saturated rings. The van der Waals surface area contributed by atoms with Crippen LogP contribution in [0.25, 0.3) is 10.4 Å². The largest absolute Gasteiger partial charge is 0.467 e. The molecule has 0 aliphatic heterocycles. The van der Waals surface area contributed by atoms with E-state index in [0.29, 0.717) is 5.69 Å². The molecule has 0 heterocycles. The number of halogens is 1. The maximum absolute atomic E-state index is 12.7. The van der Waals surface area contributed by atoms with Crippen LogP contribution in [0.4, 0.5) is 10.1 Å². The minimum absolute atomic E-state index is 0.0828. The van der Waals surface area contributed by atoms with Crippen molar-refractivity contribution in [1.82, 2.24) is 0 Å². The van der Waals surface area contributed by atoms with E-state index in [2.05, 4.69) is 20.1 Å². The Bertz CT molecular complexity index is 428. The van der Waals surface area contributed by atoms with Gasteiger partial charge in [-0.1, -0.05) is 5.11 Å². The molecule has 0 aliphatic rings. The molecule has 0 aliphatic carbocycles. The minimum Gasteiger partial charge on any atom is -0.467 e. The average molecular weight is 238 g/mol. The fraction of sp³-hybridized carbons (Fsp3) is 0.300. The number of ether oxygens (including phenoxy) is 1. The number of rotatable bonds is 5. The van der Waals surface area contributed by atoms with Gasteiger partial charge in [-0.05, 0) is 29.8 Å². The lowest BCUT2D eigenvalue weighted by atomic mass is 10.2. The fourth-order valence-corrected chi connectivity index (χ4v) is 1.19. The molecule has 1 N–H and O–H groups in total. The van der Waals surface area contributed by atoms with Crippen LogP contribution in [0.5, 0.6) is 0 Å². The second kappa shape index (κ2) is 6.34. The summed E-state index contributed by atoms with van der Waals surface area (Å²) in [5, 5.41) is 6.08. The zero-order valence-corrected chi connectivity index (χ0v) is 9.13. The smallest absolute Gasteiger partial charge is 0.328 e. The van der Waals surface area contributed by atoms with Crippen molar-refractivity contribution in [2.24, 2.45) is 5.11 Å². The first-order valence-corrected chi connectivity index (χ1v) is 4.78. The van der Waals surface area contributed by atoms with E-state index in [1.54, 1.807) is 0 Å². The van der Waals surface area contributed by atoms with E-state index >= 15 is 0 Å². The summed E-state index contributed by atoms with van der Waals surface area (Å²) in [4.78, 5) is 13.9. The topological polar surface area (TPSA) is 87.1 Å². The second-order valence-electron chi connectivity index (χ2n) is 3.14. The first-order chi connectivity index (χ1) is 8.17. The van der Waals surface area contributed by atoms with Gasteiger partial charge in [0.15, 0.2) is 0 Å². The van der Waals surface area contributed by atoms with E-state index < -0.39 is 12.0 Å². The molecular formula is C10H11FN4O2. The van der Waals surface area contributed by atoms with Gasteiger partial charge < -0.3 is 10.1 Å². The van der Waals surface area contributed by atoms with E-state index in [0.717, 1.165) is 0 Å². The highest BCUT2D eigenvalue weighted by molar-refractivity contribution is 5.79. The van der Waals surface area contributed by atoms with Crippen molar-refractivity contribution < 1.29 is 13.9 Å². The Balaban J connectivity index is 2.74. The molecule has 0 bridgehead atoms. The zero-order chi connectivity index (χ0) is 12.7. The highest BCUT2D eigenvalue weighted by Crippen LogP contribution is 2.10. The molecule has 0 saturated heterocycles. The van der Waals surface area contributed by atoms with Crippen molar-refractivity contribution >= 4 is 11.7 Å². The van der Waals surface area contributed by atoms with Crippen molar-refractivity contribution in [2.75, 3.05) is 19.0 Å². The molecule has 0 saturated carbocycles. The number of carbonyl (C=O) groups is 1. The number of azide groups is 1. The highest BCUT2D eigenvalue weighted by Gasteiger charge is 2.17. The molecule has 0 spiro atoms. The second-order valence-corrected chi connectivity index (χ2v) is 3.14. The van der Waals surface area contributed by atoms with Crippen LogP contribution < -0.4 is 5.32 Å². The Morgan fingerprint density at radius 1 is 1.59 bits per heavy atom. The van der Waals surface area contributed by atoms with E-state index in [1.165, 1.54) is 31.4 Å². The maximum atomic E-state index is 12.7. The summed E-state index contributed by atoms with van der Waals surface area (Å²) in [7, 11) is 1.23. The number of carbonyl (C=O) groups excluding carboxylic acids is 1. The average Bonchev–Trinajstić information content (AvgIpc) is 2.36. The minimum atomic E-state index is -0.790. The van der Waals surface area contributed by atoms with Crippen LogP contribution in [0.3, 0.4) is 0 Å². The zero-order valence-electron chi connectivity index (χ0n) is 9.13. The number of nitrogens with zero attached hydrogens (tertiary/aromatic N) is 3. The fourth-order valence-electron chi connectivity index (χ4n) is 1.19. The van der Waals surface area contributed by atoms with Crippen LogP contribution in [0.15, 0.2) is 29.4 Å². The molecule has 6 nitrogen and oxygen atoms in total. The standard InChI is InChI=1S/C10H11FN4O2/c1-17-10(16)9(6-13-15-12)14-8-4-2-7(11)3-5-8/h2-5,9,14H,6H2,1H3. The molecule has 90 valence electrons. The van der Waals surface area contributed by atoms with Gasteiger partial charge in [0.25, 0.3) is 0 Å². The van der Waals surface area contributed by atoms with Crippen LogP contribution in [0.2, 0.25) is 0 Å². The molecule has 17 heavy (non-hydrogen) atoms. The van der Waals surface area contributed by atoms with Crippen molar-refractivity contribution in [2.45, 2.75) is 6.04 Å². The molecule has 0 aromatic heterocycles. The molecule has 1 aromatic carbocycles. The molecule has 1 rings (SSSR count). The molecule has 7 heteroatoms. The van der Waals surface area contributed by atoms with Crippen LogP contribution >= 0.6 is 0 Å². The SMILES string of the molecule is COC(=O)C(CN=[N+]=[N-])Nc1ccc(F)cc1. The molecule has 1 unspecified atom stereocenters. The predicted octanol–water partition coefficient (Wildman–Crippen LogP) is 2.09. The lowest BCUT2D eigenvalue weighted by Gasteiger charge is -2.15. The lowest BCUT2D eigenvalue weighted by molar-refractivity contribution is -0.141. The van der Waals surface area contributed by atoms with Crippen LogP contribution in [0, 0.1) is 5.82 Å². The van der Waals surface area contributed by atoms with Gasteiger partial charge in [0.2, 0.25) is 0 Å². The molecule has 0 amide bonds. The Hall–Kier alpha value is -2.27. The Morgan fingerprint density at radius 2 is 2.24 bits per heavy atom. The summed E-state index contributed by atoms with van der Waals surface area (Å²) >= 11 is 0. The van der Waals surface area contributed by atoms with E-state index in [1.807, 2.05) is 0 Å². The number of hydrogen-bond acceptors (Lipinski definition) is 4. The van der Waals surface area contributed by atoms with Gasteiger partial charge in [-0.15, -0.1) is 0 Å². The van der Waals surface area contributed by atoms with Crippen molar-refractivity contribution in [3.8, 4) is 0 Å². The number of nitrogens with one attached hydrogen (secondary N) is 1. The van der Waals surface area contributed by atoms with Crippen LogP contribution in [-0.2, 0) is 9.53 Å². The van der Waals surface area contributed by atoms with Gasteiger partial charge in [-0.3, -0.25) is 0 Å². The number of anilines is 1. The summed E-state index contributed by atoms with van der Waals surface area (Å²) in [6.07, 6.45) is 0. The van der Waals surface area contributed by atoms with Crippen molar-refractivity contribution in [3.63, 3.8) is 0 Å². The summed E-state index contributed by atoms with van der Waals surface area (Å²) in [6.45, 7) is -0.0828. The van der Waals surface area contributed by atoms with Gasteiger partial charge in [-0.25, -0.2) is 9.18 Å². The predicted molar refractivity (Wildman–Crippen MR) is 59.8 cm³/mol. The van der Waals surface area contributed by atoms with E-state index in [4.69, 9.17) is 5.53 Å². The Morgan fingerprint density at radius 3 is 2.76 bits per heavy atom. The van der Waals surface area contributed by atoms with Crippen LogP contribution in [-0.4, -0.2) is 25.7 Å². The number of hydrogen-bond donors (Lipinski definition) is 1. The number of benzene rings is 1. The lowest BCUT2D eigenvalue weighted by Crippen LogP contribution is -2.33. The quantitative estimate of drug-likeness (QED) is 0.368. The monoisotopic (exact) mass is 238 g/mol. The first kappa shape index (κ1) is 12.8. The maximum Gasteiger partial charge on any atom is 0.328 e. The first-order valence-electron chi connectivity index (χ1n) is 4.78. The highest BCUT2D eigenvalue weighted by atomic mass is 19.1. The molecular weight excluding hydrogens is 227 g/mol. The van der Waals surface area contributed by atoms with E-state index in [9.17, 15) is 9.18 Å². The van der Waals surface area contributed by atoms with Gasteiger partial charge in [0, 0.05) is 10.6 Å². The summed E-state index contributed by atoms with van der Waals surface area (Å²) in [6, 6.07) is 4.67. The van der Waals surface area contributed by atoms with E-state index in [-0.39, 0.29) is 12.4 Å². The van der Waals surface area contributed by atoms with Gasteiger partial charge in [-0.2, -0.15) is 0 Å². The number of esters is 1. The van der Waals surface area contributed by atoms with Crippen LogP contribution in [0.1, 0.15) is 0 Å². The molecule has 0 radical (unpaired) electrons. The van der Waals surface area contributed by atoms with Crippen molar-refractivity contribution in [3.05, 3.63) is 40.5 Å². The summed E-state index contributed by atoms with van der Waals surface area (Å²) < 4.78 is 17.2. The Kier molecular flexibility index (Phi) is 4.77. The normalized spacial score (nSPS) is 11.2. The van der Waals surface area contributed by atoms with Crippen molar-refractivity contribution in [1.29, 1.82) is 0 Å². The number of methoxy groups -OCH3 is 1. The molecule has 1 aromatic rings. The van der Waals surface area contributed by atoms with Gasteiger partial charge in [0.1, 0.15) is 11.9 Å². The third-order valence-electron chi connectivity index (χ3n) is 2.00. The summed E-state index contributed by atoms with van der Waals surface area (Å²) in [5.41, 5.74) is 8.74. The third kappa shape index (κ3) is 4.00. The Labute approximate surface area is 97.0 Å². The van der Waals surface area contributed by atoms with Gasteiger partial charge >= 0.3 is 5.97 Å². The third-order valence-corrected chi connectivity index (χ3v) is 2.00. The summed E-state index contributed by atoms with van der Waals surface area (Å²) in [5.74, 6) is -0.929.